The van der Waals surface area contributed by atoms with Gasteiger partial charge in [0.2, 0.25) is 0 Å². The van der Waals surface area contributed by atoms with Crippen molar-refractivity contribution in [3.05, 3.63) is 35.9 Å². The molecule has 26 heavy (non-hydrogen) atoms. The number of rotatable bonds is 10. The fourth-order valence-corrected chi connectivity index (χ4v) is 3.58. The quantitative estimate of drug-likeness (QED) is 0.463. The summed E-state index contributed by atoms with van der Waals surface area (Å²) in [5, 5.41) is 0. The highest BCUT2D eigenvalue weighted by atomic mass is 16.5. The van der Waals surface area contributed by atoms with Gasteiger partial charge >= 0.3 is 5.97 Å². The molecule has 4 nitrogen and oxygen atoms in total. The maximum absolute atomic E-state index is 13.0. The van der Waals surface area contributed by atoms with Crippen LogP contribution >= 0.6 is 0 Å². The monoisotopic (exact) mass is 363 g/mol. The number of likely N-dealkylation sites (N-methyl/N-ethyl adjacent to an activating group) is 1. The van der Waals surface area contributed by atoms with Crippen molar-refractivity contribution in [2.45, 2.75) is 70.1 Å². The molecule has 146 valence electrons. The minimum absolute atomic E-state index is 0.112. The first kappa shape index (κ1) is 16.8. The predicted octanol–water partition coefficient (Wildman–Crippen LogP) is 4.09. The third-order valence-corrected chi connectivity index (χ3v) is 5.14. The Bertz CT molecular complexity index is 566. The first-order chi connectivity index (χ1) is 14.2. The van der Waals surface area contributed by atoms with Crippen molar-refractivity contribution < 1.29 is 13.6 Å². The van der Waals surface area contributed by atoms with Gasteiger partial charge in [0.25, 0.3) is 0 Å². The number of carbonyl (C=O) groups is 1. The summed E-state index contributed by atoms with van der Waals surface area (Å²) in [6, 6.07) is 9.60. The van der Waals surface area contributed by atoms with E-state index in [4.69, 9.17) is 8.85 Å². The maximum atomic E-state index is 13.0. The fourth-order valence-electron chi connectivity index (χ4n) is 3.58. The van der Waals surface area contributed by atoms with Gasteiger partial charge in [-0.1, -0.05) is 56.0 Å². The van der Waals surface area contributed by atoms with Gasteiger partial charge in [-0.05, 0) is 58.9 Å². The Morgan fingerprint density at radius 3 is 2.62 bits per heavy atom. The number of unbranched alkanes of at least 4 members (excludes halogenated alkanes) is 1. The highest BCUT2D eigenvalue weighted by Crippen LogP contribution is 2.25. The van der Waals surface area contributed by atoms with Crippen molar-refractivity contribution in [2.75, 3.05) is 27.6 Å². The summed E-state index contributed by atoms with van der Waals surface area (Å²) in [6.07, 6.45) is 7.99. The Morgan fingerprint density at radius 1 is 1.15 bits per heavy atom. The van der Waals surface area contributed by atoms with Gasteiger partial charge in [-0.2, -0.15) is 0 Å². The maximum Gasteiger partial charge on any atom is 0.323 e. The summed E-state index contributed by atoms with van der Waals surface area (Å²) >= 11 is 0. The highest BCUT2D eigenvalue weighted by Gasteiger charge is 2.30. The third kappa shape index (κ3) is 7.08. The van der Waals surface area contributed by atoms with Crippen LogP contribution in [0.5, 0.6) is 0 Å². The molecule has 0 unspecified atom stereocenters. The van der Waals surface area contributed by atoms with Crippen LogP contribution < -0.4 is 0 Å². The van der Waals surface area contributed by atoms with Crippen LogP contribution in [0.2, 0.25) is 0 Å². The van der Waals surface area contributed by atoms with E-state index in [1.54, 1.807) is 4.90 Å². The molecule has 0 radical (unpaired) electrons. The van der Waals surface area contributed by atoms with E-state index in [0.29, 0.717) is 13.0 Å². The molecule has 0 spiro atoms. The van der Waals surface area contributed by atoms with Crippen molar-refractivity contribution in [1.82, 2.24) is 9.80 Å². The van der Waals surface area contributed by atoms with Crippen molar-refractivity contribution in [1.29, 1.82) is 0 Å². The van der Waals surface area contributed by atoms with Crippen LogP contribution in [0.3, 0.4) is 0 Å². The molecule has 0 N–H and O–H groups in total. The standard InChI is InChI=1S/C22H36N2O2/c1-23(2)17-11-10-16-21(24(3)20-14-8-5-9-15-20)22(25)26-18-19-12-6-4-7-13-19/h4,6-7,12-13,20-21H,5,8-11,14-18H2,1-3H3/t21-/m0/s1/i1D,2D,3D. The zero-order chi connectivity index (χ0) is 20.9. The van der Waals surface area contributed by atoms with Gasteiger partial charge in [-0.3, -0.25) is 9.69 Å². The summed E-state index contributed by atoms with van der Waals surface area (Å²) in [6.45, 7) is 0.960. The van der Waals surface area contributed by atoms with E-state index < -0.39 is 0 Å². The van der Waals surface area contributed by atoms with E-state index >= 15 is 0 Å². The SMILES string of the molecule is [2H]CN(C[2H])CCCC[C@@H](C(=O)OCc1ccccc1)N(C[2H])C1CCCCC1. The average molecular weight is 364 g/mol. The third-order valence-electron chi connectivity index (χ3n) is 5.14. The topological polar surface area (TPSA) is 32.8 Å². The first-order valence-corrected chi connectivity index (χ1v) is 9.76. The first-order valence-electron chi connectivity index (χ1n) is 11.9. The van der Waals surface area contributed by atoms with Gasteiger partial charge in [-0.15, -0.1) is 0 Å². The van der Waals surface area contributed by atoms with E-state index in [1.165, 1.54) is 6.42 Å². The van der Waals surface area contributed by atoms with E-state index in [1.807, 2.05) is 35.2 Å². The Hall–Kier alpha value is -1.39. The Kier molecular flexibility index (Phi) is 7.32. The van der Waals surface area contributed by atoms with Crippen molar-refractivity contribution in [3.63, 3.8) is 0 Å². The molecule has 2 rings (SSSR count). The molecule has 0 heterocycles. The van der Waals surface area contributed by atoms with Crippen molar-refractivity contribution in [2.24, 2.45) is 0 Å². The zero-order valence-electron chi connectivity index (χ0n) is 18.9. The molecule has 1 fully saturated rings. The minimum Gasteiger partial charge on any atom is -0.460 e. The Balaban J connectivity index is 1.97. The molecule has 1 atom stereocenters. The minimum atomic E-state index is -0.389. The van der Waals surface area contributed by atoms with Crippen LogP contribution in [-0.2, 0) is 16.1 Å². The molecular formula is C22H36N2O2. The second kappa shape index (κ2) is 11.3. The summed E-state index contributed by atoms with van der Waals surface area (Å²) in [5.41, 5.74) is 0.969. The number of benzene rings is 1. The van der Waals surface area contributed by atoms with E-state index in [0.717, 1.165) is 44.1 Å². The number of carbonyl (C=O) groups excluding carboxylic acids is 1. The number of ether oxygens (including phenoxy) is 1. The summed E-state index contributed by atoms with van der Waals surface area (Å²) in [4.78, 5) is 16.8. The summed E-state index contributed by atoms with van der Waals surface area (Å²) < 4.78 is 28.6. The molecule has 1 saturated carbocycles. The molecule has 0 saturated heterocycles. The average Bonchev–Trinajstić information content (AvgIpc) is 2.78. The fraction of sp³-hybridized carbons (Fsp3) is 0.682. The molecule has 0 amide bonds. The van der Waals surface area contributed by atoms with Crippen LogP contribution in [0.25, 0.3) is 0 Å². The number of hydrogen-bond donors (Lipinski definition) is 0. The lowest BCUT2D eigenvalue weighted by Crippen LogP contribution is -2.46. The molecule has 0 aliphatic heterocycles. The molecule has 0 aromatic heterocycles. The van der Waals surface area contributed by atoms with Crippen LogP contribution in [0, 0.1) is 0 Å². The van der Waals surface area contributed by atoms with Gasteiger partial charge in [0.1, 0.15) is 12.6 Å². The lowest BCUT2D eigenvalue weighted by atomic mass is 9.93. The number of hydrogen-bond acceptors (Lipinski definition) is 4. The van der Waals surface area contributed by atoms with Gasteiger partial charge in [-0.25, -0.2) is 0 Å². The highest BCUT2D eigenvalue weighted by molar-refractivity contribution is 5.75. The molecule has 1 aliphatic carbocycles. The van der Waals surface area contributed by atoms with Crippen LogP contribution in [0.15, 0.2) is 30.3 Å². The van der Waals surface area contributed by atoms with Gasteiger partial charge in [0, 0.05) is 10.2 Å². The smallest absolute Gasteiger partial charge is 0.323 e. The Morgan fingerprint density at radius 2 is 1.92 bits per heavy atom. The van der Waals surface area contributed by atoms with E-state index in [-0.39, 0.29) is 45.7 Å². The largest absolute Gasteiger partial charge is 0.460 e. The van der Waals surface area contributed by atoms with Gasteiger partial charge in [0.05, 0.1) is 0 Å². The molecular weight excluding hydrogens is 324 g/mol. The van der Waals surface area contributed by atoms with Gasteiger partial charge < -0.3 is 9.64 Å². The second-order valence-corrected chi connectivity index (χ2v) is 7.31. The number of nitrogens with zero attached hydrogens (tertiary/aromatic N) is 2. The summed E-state index contributed by atoms with van der Waals surface area (Å²) in [5.74, 6) is -0.232. The molecule has 1 aliphatic rings. The summed E-state index contributed by atoms with van der Waals surface area (Å²) in [7, 11) is 0.376. The normalized spacial score (nSPS) is 18.3. The van der Waals surface area contributed by atoms with Crippen LogP contribution in [-0.4, -0.2) is 55.5 Å². The predicted molar refractivity (Wildman–Crippen MR) is 107 cm³/mol. The van der Waals surface area contributed by atoms with Crippen LogP contribution in [0.4, 0.5) is 0 Å². The molecule has 1 aromatic carbocycles. The molecule has 1 aromatic rings. The second-order valence-electron chi connectivity index (χ2n) is 7.31. The number of esters is 1. The zero-order valence-corrected chi connectivity index (χ0v) is 15.9. The molecule has 4 heteroatoms. The van der Waals surface area contributed by atoms with E-state index in [2.05, 4.69) is 0 Å². The van der Waals surface area contributed by atoms with Crippen LogP contribution in [0.1, 0.15) is 61.0 Å². The molecule has 0 bridgehead atoms. The van der Waals surface area contributed by atoms with Crippen molar-refractivity contribution in [3.8, 4) is 0 Å². The van der Waals surface area contributed by atoms with Crippen molar-refractivity contribution >= 4 is 5.97 Å². The lowest BCUT2D eigenvalue weighted by Gasteiger charge is -2.36. The Labute approximate surface area is 163 Å². The lowest BCUT2D eigenvalue weighted by molar-refractivity contribution is -0.152. The van der Waals surface area contributed by atoms with E-state index in [9.17, 15) is 4.79 Å². The van der Waals surface area contributed by atoms with Gasteiger partial charge in [0.15, 0.2) is 0 Å².